The van der Waals surface area contributed by atoms with Gasteiger partial charge in [0.1, 0.15) is 19.7 Å². The monoisotopic (exact) mass is 926 g/mol. The van der Waals surface area contributed by atoms with Crippen LogP contribution in [-0.2, 0) is 27.3 Å². The van der Waals surface area contributed by atoms with Crippen molar-refractivity contribution in [2.45, 2.75) is 14.8 Å². The summed E-state index contributed by atoms with van der Waals surface area (Å²) in [6.45, 7) is 1.24. The number of anilines is 3. The molecule has 7 aromatic heterocycles. The van der Waals surface area contributed by atoms with Crippen molar-refractivity contribution in [2.24, 2.45) is 12.0 Å². The maximum Gasteiger partial charge on any atom is 0.181 e. The number of thiophene rings is 2. The normalized spacial score (nSPS) is 12.1. The van der Waals surface area contributed by atoms with Gasteiger partial charge in [-0.05, 0) is 52.9 Å². The van der Waals surface area contributed by atoms with Gasteiger partial charge in [0, 0.05) is 104 Å². The lowest BCUT2D eigenvalue weighted by molar-refractivity contribution is 0.200. The lowest BCUT2D eigenvalue weighted by Gasteiger charge is -2.10. The summed E-state index contributed by atoms with van der Waals surface area (Å²) in [5.74, 6) is 1.78. The van der Waals surface area contributed by atoms with E-state index >= 15 is 0 Å². The molecule has 9 aromatic rings. The molecule has 17 heteroatoms. The number of nitrogen functional groups attached to an aromatic ring is 3. The molecule has 0 amide bonds. The molecule has 0 fully saturated rings. The van der Waals surface area contributed by atoms with Gasteiger partial charge in [-0.3, -0.25) is 13.9 Å². The number of hydrogen-bond donors (Lipinski definition) is 3. The molecule has 0 saturated heterocycles. The second-order valence-corrected chi connectivity index (χ2v) is 19.7. The summed E-state index contributed by atoms with van der Waals surface area (Å²) in [7, 11) is 5.72. The van der Waals surface area contributed by atoms with Gasteiger partial charge in [0.15, 0.2) is 5.65 Å². The van der Waals surface area contributed by atoms with Crippen LogP contribution in [0.5, 0.6) is 0 Å². The highest BCUT2D eigenvalue weighted by atomic mass is 32.2. The summed E-state index contributed by atoms with van der Waals surface area (Å²) in [5.41, 5.74) is 29.5. The van der Waals surface area contributed by atoms with Crippen molar-refractivity contribution >= 4 is 100 Å². The fourth-order valence-electron chi connectivity index (χ4n) is 7.16. The average Bonchev–Trinajstić information content (AvgIpc) is 3.97. The number of ether oxygens (including phenoxy) is 2. The first kappa shape index (κ1) is 44.5. The van der Waals surface area contributed by atoms with Crippen molar-refractivity contribution in [2.75, 3.05) is 63.2 Å². The summed E-state index contributed by atoms with van der Waals surface area (Å²) < 4.78 is 26.8. The number of nitrogens with zero attached hydrogens (tertiary/aromatic N) is 7. The molecule has 7 heterocycles. The Morgan fingerprint density at radius 2 is 1.39 bits per heavy atom. The van der Waals surface area contributed by atoms with Crippen molar-refractivity contribution in [1.82, 2.24) is 29.7 Å². The summed E-state index contributed by atoms with van der Waals surface area (Å²) in [5, 5.41) is 7.14. The second-order valence-electron chi connectivity index (χ2n) is 14.6. The highest BCUT2D eigenvalue weighted by Gasteiger charge is 2.22. The quantitative estimate of drug-likeness (QED) is 0.0532. The van der Waals surface area contributed by atoms with E-state index in [2.05, 4.69) is 38.3 Å². The fraction of sp³-hybridized carbons (Fsp3) is 0.191. The maximum atomic E-state index is 13.0. The molecule has 13 nitrogen and oxygen atoms in total. The summed E-state index contributed by atoms with van der Waals surface area (Å²) in [4.78, 5) is 24.4. The van der Waals surface area contributed by atoms with E-state index in [1.807, 2.05) is 80.0 Å². The Balaban J connectivity index is 0.000000175. The van der Waals surface area contributed by atoms with Crippen molar-refractivity contribution in [3.8, 4) is 44.8 Å². The number of aryl methyl sites for hydroxylation is 1. The Morgan fingerprint density at radius 1 is 0.781 bits per heavy atom. The van der Waals surface area contributed by atoms with Crippen molar-refractivity contribution in [3.05, 3.63) is 109 Å². The average molecular weight is 927 g/mol. The van der Waals surface area contributed by atoms with E-state index in [1.165, 1.54) is 11.3 Å². The molecule has 0 radical (unpaired) electrons. The van der Waals surface area contributed by atoms with Gasteiger partial charge in [0.2, 0.25) is 0 Å². The van der Waals surface area contributed by atoms with Gasteiger partial charge in [-0.25, -0.2) is 19.9 Å². The molecule has 0 aliphatic rings. The molecule has 6 N–H and O–H groups in total. The predicted octanol–water partition coefficient (Wildman–Crippen LogP) is 9.62. The third-order valence-electron chi connectivity index (χ3n) is 10.2. The molecule has 0 spiro atoms. The summed E-state index contributed by atoms with van der Waals surface area (Å²) in [6, 6.07) is 28.4. The van der Waals surface area contributed by atoms with Crippen LogP contribution in [0.25, 0.3) is 76.2 Å². The second kappa shape index (κ2) is 20.2. The predicted molar refractivity (Wildman–Crippen MR) is 268 cm³/mol. The number of benzene rings is 2. The van der Waals surface area contributed by atoms with E-state index in [-0.39, 0.29) is 0 Å². The van der Waals surface area contributed by atoms with Crippen LogP contribution in [0.1, 0.15) is 12.0 Å². The van der Waals surface area contributed by atoms with Crippen LogP contribution in [0.15, 0.2) is 117 Å². The molecule has 9 rings (SSSR count). The zero-order valence-electron chi connectivity index (χ0n) is 35.6. The molecule has 0 aliphatic heterocycles. The Hall–Kier alpha value is -6.08. The Bertz CT molecular complexity index is 3130. The maximum absolute atomic E-state index is 13.0. The molecule has 0 bridgehead atoms. The first-order valence-electron chi connectivity index (χ1n) is 20.2. The van der Waals surface area contributed by atoms with E-state index < -0.39 is 10.8 Å². The summed E-state index contributed by atoms with van der Waals surface area (Å²) in [6.07, 6.45) is 7.89. The molecule has 0 aliphatic carbocycles. The molecule has 64 heavy (non-hydrogen) atoms. The lowest BCUT2D eigenvalue weighted by Crippen LogP contribution is -2.02. The van der Waals surface area contributed by atoms with Crippen molar-refractivity contribution in [1.29, 1.82) is 0 Å². The van der Waals surface area contributed by atoms with Crippen LogP contribution >= 0.6 is 34.4 Å². The molecular weight excluding hydrogens is 881 g/mol. The van der Waals surface area contributed by atoms with Crippen LogP contribution < -0.4 is 17.2 Å². The van der Waals surface area contributed by atoms with E-state index in [0.29, 0.717) is 46.7 Å². The number of thioether (sulfide) groups is 1. The number of aromatic nitrogens is 6. The van der Waals surface area contributed by atoms with Crippen LogP contribution in [0, 0.1) is 0 Å². The van der Waals surface area contributed by atoms with E-state index in [0.717, 1.165) is 91.8 Å². The smallest absolute Gasteiger partial charge is 0.181 e. The zero-order chi connectivity index (χ0) is 44.7. The Kier molecular flexibility index (Phi) is 14.0. The van der Waals surface area contributed by atoms with Crippen LogP contribution in [0.4, 0.5) is 17.2 Å². The van der Waals surface area contributed by atoms with Crippen LogP contribution in [0.3, 0.4) is 0 Å². The molecule has 1 atom stereocenters. The van der Waals surface area contributed by atoms with Gasteiger partial charge >= 0.3 is 0 Å². The minimum absolute atomic E-state index is 0.441. The lowest BCUT2D eigenvalue weighted by atomic mass is 10.00. The topological polar surface area (TPSA) is 195 Å². The third kappa shape index (κ3) is 9.55. The molecular formula is C47H46N10O3S4. The third-order valence-corrected chi connectivity index (χ3v) is 15.5. The van der Waals surface area contributed by atoms with E-state index in [4.69, 9.17) is 36.6 Å². The number of fused-ring (bicyclic) bond motifs is 3. The first-order valence-corrected chi connectivity index (χ1v) is 24.1. The highest BCUT2D eigenvalue weighted by Crippen LogP contribution is 2.46. The van der Waals surface area contributed by atoms with Gasteiger partial charge in [-0.15, -0.1) is 34.4 Å². The summed E-state index contributed by atoms with van der Waals surface area (Å²) >= 11 is 4.71. The van der Waals surface area contributed by atoms with Gasteiger partial charge < -0.3 is 26.7 Å². The number of rotatable bonds is 14. The van der Waals surface area contributed by atoms with Gasteiger partial charge in [0.25, 0.3) is 0 Å². The Morgan fingerprint density at radius 3 is 2.03 bits per heavy atom. The zero-order valence-corrected chi connectivity index (χ0v) is 38.9. The largest absolute Gasteiger partial charge is 0.397 e. The van der Waals surface area contributed by atoms with E-state index in [9.17, 15) is 4.21 Å². The van der Waals surface area contributed by atoms with Gasteiger partial charge in [-0.1, -0.05) is 60.7 Å². The number of nitrogens with two attached hydrogens (primary N) is 3. The number of methoxy groups -OCH3 is 2. The first-order chi connectivity index (χ1) is 31.2. The van der Waals surface area contributed by atoms with Crippen molar-refractivity contribution in [3.63, 3.8) is 0 Å². The highest BCUT2D eigenvalue weighted by molar-refractivity contribution is 8.01. The van der Waals surface area contributed by atoms with Gasteiger partial charge in [-0.2, -0.15) is 5.10 Å². The van der Waals surface area contributed by atoms with Gasteiger partial charge in [0.05, 0.1) is 44.4 Å². The van der Waals surface area contributed by atoms with Crippen LogP contribution in [-0.4, -0.2) is 86.1 Å². The minimum atomic E-state index is -1.21. The molecule has 1 unspecified atom stereocenters. The number of aliphatic imine (C=N–C) groups is 1. The van der Waals surface area contributed by atoms with Crippen molar-refractivity contribution < 1.29 is 13.7 Å². The molecule has 0 saturated carbocycles. The van der Waals surface area contributed by atoms with E-state index in [1.54, 1.807) is 67.7 Å². The Labute approximate surface area is 385 Å². The standard InChI is InChI=1S/C24H23N5O2S2.C23H23N5OS2/c1-29-14-17-11-16(13-26-22(17)28-29)19-12-18(15-7-4-3-5-8-15)20-21(25)24(32-23(20)27-19)33(30)10-6-9-31-2;1-26-12-16-10-15(13-27-21(16)25)18-11-17(14-6-4-3-5-7-14)19-20(24)23(30-9-8-29-2)31-22(19)28-18/h3-5,7-8,11-14H,6,9-10,25H2,1-2H3;3-7,10-13H,8-9,24H2,1-2H3,(H2,25,27). The fourth-order valence-corrected chi connectivity index (χ4v) is 12.1. The minimum Gasteiger partial charge on any atom is -0.397 e. The molecule has 326 valence electrons. The number of hydrogen-bond acceptors (Lipinski definition) is 15. The van der Waals surface area contributed by atoms with Crippen LogP contribution in [0.2, 0.25) is 0 Å². The SMILES string of the molecule is CN=Cc1cc(-c2cc(-c3ccccc3)c3c(N)c(SCCOC)sc3n2)cnc1N.COCCCS(=O)c1sc2nc(-c3cnc4nn(C)cc4c3)cc(-c3ccccc3)c2c1N. The molecule has 2 aromatic carbocycles. The number of pyridine rings is 4.